The number of rotatable bonds is 12. The summed E-state index contributed by atoms with van der Waals surface area (Å²) in [6.45, 7) is 1.08. The Morgan fingerprint density at radius 1 is 0.676 bits per heavy atom. The highest BCUT2D eigenvalue weighted by Crippen LogP contribution is 2.17. The number of ether oxygens (including phenoxy) is 1. The molecule has 0 unspecified atom stereocenters. The van der Waals surface area contributed by atoms with E-state index in [1.807, 2.05) is 91.0 Å². The van der Waals surface area contributed by atoms with E-state index in [-0.39, 0.29) is 17.4 Å². The second kappa shape index (κ2) is 12.9. The summed E-state index contributed by atoms with van der Waals surface area (Å²) in [4.78, 5) is 15.0. The van der Waals surface area contributed by atoms with Crippen LogP contribution in [0.4, 0.5) is 0 Å². The molecule has 6 nitrogen and oxygen atoms in total. The maximum atomic E-state index is 13.1. The Kier molecular flexibility index (Phi) is 9.08. The first-order chi connectivity index (χ1) is 18.0. The second-order valence-electron chi connectivity index (χ2n) is 8.61. The van der Waals surface area contributed by atoms with Gasteiger partial charge in [0.05, 0.1) is 4.90 Å². The maximum absolute atomic E-state index is 13.1. The molecule has 0 aliphatic heterocycles. The van der Waals surface area contributed by atoms with Crippen LogP contribution in [-0.4, -0.2) is 32.4 Å². The molecule has 0 saturated heterocycles. The molecule has 0 fully saturated rings. The summed E-state index contributed by atoms with van der Waals surface area (Å²) >= 11 is 0. The van der Waals surface area contributed by atoms with Gasteiger partial charge < -0.3 is 9.64 Å². The molecule has 4 aromatic carbocycles. The predicted molar refractivity (Wildman–Crippen MR) is 144 cm³/mol. The van der Waals surface area contributed by atoms with E-state index in [9.17, 15) is 13.2 Å². The van der Waals surface area contributed by atoms with Crippen molar-refractivity contribution in [3.8, 4) is 5.75 Å². The average Bonchev–Trinajstić information content (AvgIpc) is 2.93. The van der Waals surface area contributed by atoms with Crippen LogP contribution < -0.4 is 9.46 Å². The number of carbonyl (C=O) groups excluding carboxylic acids is 1. The van der Waals surface area contributed by atoms with Gasteiger partial charge in [-0.15, -0.1) is 0 Å². The van der Waals surface area contributed by atoms with Crippen LogP contribution in [-0.2, 0) is 34.3 Å². The lowest BCUT2D eigenvalue weighted by molar-refractivity contribution is -0.134. The summed E-state index contributed by atoms with van der Waals surface area (Å²) in [5, 5.41) is 0. The summed E-state index contributed by atoms with van der Waals surface area (Å²) < 4.78 is 33.6. The summed E-state index contributed by atoms with van der Waals surface area (Å²) in [6, 6.07) is 35.4. The molecule has 0 aromatic heterocycles. The van der Waals surface area contributed by atoms with E-state index in [2.05, 4.69) is 4.72 Å². The van der Waals surface area contributed by atoms with Crippen LogP contribution >= 0.6 is 0 Å². The Bertz CT molecular complexity index is 1320. The van der Waals surface area contributed by atoms with Gasteiger partial charge in [-0.2, -0.15) is 0 Å². The molecule has 0 aliphatic rings. The Morgan fingerprint density at radius 3 is 1.68 bits per heavy atom. The molecule has 0 bridgehead atoms. The van der Waals surface area contributed by atoms with Crippen LogP contribution in [0.2, 0.25) is 0 Å². The van der Waals surface area contributed by atoms with Gasteiger partial charge in [-0.05, 0) is 47.4 Å². The number of hydrogen-bond acceptors (Lipinski definition) is 4. The van der Waals surface area contributed by atoms with Crippen LogP contribution in [0.15, 0.2) is 120 Å². The fourth-order valence-electron chi connectivity index (χ4n) is 3.85. The third-order valence-electron chi connectivity index (χ3n) is 5.83. The minimum absolute atomic E-state index is 0.147. The molecule has 0 saturated carbocycles. The van der Waals surface area contributed by atoms with Gasteiger partial charge in [0.1, 0.15) is 5.75 Å². The lowest BCUT2D eigenvalue weighted by Crippen LogP contribution is -2.34. The highest BCUT2D eigenvalue weighted by atomic mass is 32.2. The smallest absolute Gasteiger partial charge is 0.261 e. The summed E-state index contributed by atoms with van der Waals surface area (Å²) in [6.07, 6.45) is 0.603. The number of nitrogens with zero attached hydrogens (tertiary/aromatic N) is 1. The Morgan fingerprint density at radius 2 is 1.16 bits per heavy atom. The van der Waals surface area contributed by atoms with Crippen molar-refractivity contribution in [2.75, 3.05) is 13.2 Å². The van der Waals surface area contributed by atoms with E-state index >= 15 is 0 Å². The van der Waals surface area contributed by atoms with E-state index in [0.29, 0.717) is 31.8 Å². The summed E-state index contributed by atoms with van der Waals surface area (Å²) in [5.74, 6) is 0.267. The first-order valence-corrected chi connectivity index (χ1v) is 13.6. The molecule has 37 heavy (non-hydrogen) atoms. The molecule has 4 rings (SSSR count). The average molecular weight is 515 g/mol. The molecule has 0 radical (unpaired) electrons. The van der Waals surface area contributed by atoms with E-state index in [0.717, 1.165) is 16.7 Å². The molecular weight excluding hydrogens is 484 g/mol. The monoisotopic (exact) mass is 514 g/mol. The van der Waals surface area contributed by atoms with Crippen LogP contribution in [0.5, 0.6) is 5.75 Å². The highest BCUT2D eigenvalue weighted by Gasteiger charge is 2.17. The third kappa shape index (κ3) is 8.03. The van der Waals surface area contributed by atoms with Gasteiger partial charge in [0.15, 0.2) is 6.61 Å². The second-order valence-corrected chi connectivity index (χ2v) is 10.4. The number of hydrogen-bond donors (Lipinski definition) is 1. The first kappa shape index (κ1) is 26.1. The lowest BCUT2D eigenvalue weighted by atomic mass is 10.1. The number of carbonyl (C=O) groups is 1. The van der Waals surface area contributed by atoms with Gasteiger partial charge in [-0.1, -0.05) is 91.0 Å². The Hall–Kier alpha value is -3.94. The molecule has 190 valence electrons. The predicted octanol–water partition coefficient (Wildman–Crippen LogP) is 4.82. The van der Waals surface area contributed by atoms with Gasteiger partial charge in [-0.25, -0.2) is 13.1 Å². The summed E-state index contributed by atoms with van der Waals surface area (Å²) in [7, 11) is -3.64. The van der Waals surface area contributed by atoms with Gasteiger partial charge in [0.2, 0.25) is 10.0 Å². The molecular formula is C30H30N2O4S. The topological polar surface area (TPSA) is 75.7 Å². The van der Waals surface area contributed by atoms with Crippen LogP contribution in [0.25, 0.3) is 0 Å². The minimum Gasteiger partial charge on any atom is -0.484 e. The number of nitrogens with one attached hydrogen (secondary N) is 1. The molecule has 0 spiro atoms. The molecule has 0 atom stereocenters. The third-order valence-corrected chi connectivity index (χ3v) is 7.31. The molecule has 1 N–H and O–H groups in total. The number of benzene rings is 4. The molecule has 0 heterocycles. The highest BCUT2D eigenvalue weighted by molar-refractivity contribution is 7.89. The van der Waals surface area contributed by atoms with Crippen molar-refractivity contribution in [3.05, 3.63) is 132 Å². The van der Waals surface area contributed by atoms with Crippen molar-refractivity contribution in [1.29, 1.82) is 0 Å². The zero-order valence-corrected chi connectivity index (χ0v) is 21.3. The normalized spacial score (nSPS) is 11.1. The van der Waals surface area contributed by atoms with Gasteiger partial charge in [-0.3, -0.25) is 4.79 Å². The van der Waals surface area contributed by atoms with Crippen LogP contribution in [0.1, 0.15) is 16.7 Å². The van der Waals surface area contributed by atoms with Crippen molar-refractivity contribution in [3.63, 3.8) is 0 Å². The van der Waals surface area contributed by atoms with Gasteiger partial charge in [0.25, 0.3) is 5.91 Å². The molecule has 7 heteroatoms. The van der Waals surface area contributed by atoms with E-state index < -0.39 is 10.0 Å². The SMILES string of the molecule is O=C(COc1ccc(S(=O)(=O)NCCc2ccccc2)cc1)N(Cc1ccccc1)Cc1ccccc1. The van der Waals surface area contributed by atoms with Crippen molar-refractivity contribution in [2.45, 2.75) is 24.4 Å². The lowest BCUT2D eigenvalue weighted by Gasteiger charge is -2.23. The van der Waals surface area contributed by atoms with E-state index in [4.69, 9.17) is 4.74 Å². The maximum Gasteiger partial charge on any atom is 0.261 e. The minimum atomic E-state index is -3.64. The fraction of sp³-hybridized carbons (Fsp3) is 0.167. The Labute approximate surface area is 218 Å². The zero-order valence-electron chi connectivity index (χ0n) is 20.5. The summed E-state index contributed by atoms with van der Waals surface area (Å²) in [5.41, 5.74) is 3.12. The van der Waals surface area contributed by atoms with Gasteiger partial charge >= 0.3 is 0 Å². The largest absolute Gasteiger partial charge is 0.484 e. The van der Waals surface area contributed by atoms with E-state index in [1.54, 1.807) is 17.0 Å². The zero-order chi connectivity index (χ0) is 25.9. The molecule has 1 amide bonds. The molecule has 4 aromatic rings. The fourth-order valence-corrected chi connectivity index (χ4v) is 4.88. The Balaban J connectivity index is 1.34. The molecule has 0 aliphatic carbocycles. The van der Waals surface area contributed by atoms with Crippen LogP contribution in [0, 0.1) is 0 Å². The van der Waals surface area contributed by atoms with Crippen molar-refractivity contribution < 1.29 is 17.9 Å². The van der Waals surface area contributed by atoms with Crippen molar-refractivity contribution in [1.82, 2.24) is 9.62 Å². The van der Waals surface area contributed by atoms with Gasteiger partial charge in [0, 0.05) is 19.6 Å². The first-order valence-electron chi connectivity index (χ1n) is 12.1. The van der Waals surface area contributed by atoms with Crippen molar-refractivity contribution >= 4 is 15.9 Å². The van der Waals surface area contributed by atoms with Crippen LogP contribution in [0.3, 0.4) is 0 Å². The number of sulfonamides is 1. The van der Waals surface area contributed by atoms with Crippen molar-refractivity contribution in [2.24, 2.45) is 0 Å². The number of amides is 1. The quantitative estimate of drug-likeness (QED) is 0.294. The standard InChI is InChI=1S/C30H30N2O4S/c33-30(32(22-26-12-6-2-7-13-26)23-27-14-8-3-9-15-27)24-36-28-16-18-29(19-17-28)37(34,35)31-21-20-25-10-4-1-5-11-25/h1-19,31H,20-24H2. The van der Waals surface area contributed by atoms with E-state index in [1.165, 1.54) is 12.1 Å².